The lowest BCUT2D eigenvalue weighted by molar-refractivity contribution is 0.617. The number of anilines is 1. The lowest BCUT2D eigenvalue weighted by Crippen LogP contribution is -2.14. The maximum absolute atomic E-state index is 14.4. The van der Waals surface area contributed by atoms with Crippen LogP contribution >= 0.6 is 28.1 Å². The molecule has 21 heavy (non-hydrogen) atoms. The van der Waals surface area contributed by atoms with E-state index in [0.29, 0.717) is 15.7 Å². The quantitative estimate of drug-likeness (QED) is 0.747. The molecule has 0 aliphatic heterocycles. The van der Waals surface area contributed by atoms with Crippen molar-refractivity contribution < 1.29 is 4.39 Å². The first-order chi connectivity index (χ1) is 10.0. The highest BCUT2D eigenvalue weighted by Crippen LogP contribution is 2.30. The Labute approximate surface area is 137 Å². The molecule has 2 rings (SSSR count). The summed E-state index contributed by atoms with van der Waals surface area (Å²) in [5.41, 5.74) is 7.61. The van der Waals surface area contributed by atoms with Crippen LogP contribution in [0.15, 0.2) is 46.9 Å². The van der Waals surface area contributed by atoms with E-state index in [1.807, 2.05) is 30.3 Å². The van der Waals surface area contributed by atoms with Crippen LogP contribution in [0.5, 0.6) is 0 Å². The highest BCUT2D eigenvalue weighted by molar-refractivity contribution is 9.10. The first-order valence-corrected chi connectivity index (χ1v) is 7.84. The number of hydrogen-bond acceptors (Lipinski definition) is 2. The largest absolute Gasteiger partial charge is 0.389 e. The van der Waals surface area contributed by atoms with E-state index < -0.39 is 0 Å². The van der Waals surface area contributed by atoms with Crippen LogP contribution < -0.4 is 11.1 Å². The summed E-state index contributed by atoms with van der Waals surface area (Å²) >= 11 is 8.12. The zero-order chi connectivity index (χ0) is 15.4. The lowest BCUT2D eigenvalue weighted by Gasteiger charge is -2.20. The SMILES string of the molecule is CCC(Nc1ccc(C(N)=S)c(Br)c1F)c1ccccc1. The third kappa shape index (κ3) is 3.60. The lowest BCUT2D eigenvalue weighted by atomic mass is 10.0. The van der Waals surface area contributed by atoms with E-state index in [9.17, 15) is 4.39 Å². The van der Waals surface area contributed by atoms with E-state index in [0.717, 1.165) is 12.0 Å². The van der Waals surface area contributed by atoms with Crippen LogP contribution in [-0.2, 0) is 0 Å². The molecule has 3 N–H and O–H groups in total. The molecule has 0 saturated carbocycles. The second kappa shape index (κ2) is 7.00. The number of halogens is 2. The average molecular weight is 367 g/mol. The van der Waals surface area contributed by atoms with Gasteiger partial charge in [-0.15, -0.1) is 0 Å². The number of nitrogens with one attached hydrogen (secondary N) is 1. The van der Waals surface area contributed by atoms with Gasteiger partial charge in [0, 0.05) is 5.56 Å². The molecule has 0 fully saturated rings. The number of benzene rings is 2. The van der Waals surface area contributed by atoms with Crippen molar-refractivity contribution in [1.82, 2.24) is 0 Å². The summed E-state index contributed by atoms with van der Waals surface area (Å²) in [7, 11) is 0. The van der Waals surface area contributed by atoms with Crippen molar-refractivity contribution in [2.75, 3.05) is 5.32 Å². The Bertz CT molecular complexity index is 646. The molecule has 0 radical (unpaired) electrons. The van der Waals surface area contributed by atoms with E-state index in [1.165, 1.54) is 0 Å². The van der Waals surface area contributed by atoms with Crippen LogP contribution in [0.3, 0.4) is 0 Å². The van der Waals surface area contributed by atoms with Crippen molar-refractivity contribution in [1.29, 1.82) is 0 Å². The normalized spacial score (nSPS) is 12.0. The van der Waals surface area contributed by atoms with Crippen molar-refractivity contribution in [2.24, 2.45) is 5.73 Å². The Hall–Kier alpha value is -1.46. The molecule has 0 spiro atoms. The molecule has 1 atom stereocenters. The fraction of sp³-hybridized carbons (Fsp3) is 0.188. The third-order valence-corrected chi connectivity index (χ3v) is 4.28. The zero-order valence-electron chi connectivity index (χ0n) is 11.6. The van der Waals surface area contributed by atoms with Crippen molar-refractivity contribution in [3.63, 3.8) is 0 Å². The van der Waals surface area contributed by atoms with Gasteiger partial charge in [-0.3, -0.25) is 0 Å². The number of rotatable bonds is 5. The minimum atomic E-state index is -0.380. The van der Waals surface area contributed by atoms with Gasteiger partial charge in [-0.1, -0.05) is 49.5 Å². The molecule has 0 saturated heterocycles. The van der Waals surface area contributed by atoms with Crippen LogP contribution in [0.2, 0.25) is 0 Å². The topological polar surface area (TPSA) is 38.0 Å². The summed E-state index contributed by atoms with van der Waals surface area (Å²) in [5, 5.41) is 3.23. The van der Waals surface area contributed by atoms with Crippen molar-refractivity contribution in [3.8, 4) is 0 Å². The van der Waals surface area contributed by atoms with Gasteiger partial charge in [0.15, 0.2) is 5.82 Å². The molecular weight excluding hydrogens is 351 g/mol. The minimum absolute atomic E-state index is 0.0447. The van der Waals surface area contributed by atoms with Gasteiger partial charge in [0.1, 0.15) is 4.99 Å². The van der Waals surface area contributed by atoms with Crippen LogP contribution in [0.1, 0.15) is 30.5 Å². The molecular formula is C16H16BrFN2S. The predicted molar refractivity (Wildman–Crippen MR) is 93.1 cm³/mol. The Balaban J connectivity index is 2.31. The maximum atomic E-state index is 14.4. The van der Waals surface area contributed by atoms with Gasteiger partial charge in [-0.25, -0.2) is 4.39 Å². The summed E-state index contributed by atoms with van der Waals surface area (Å²) in [6.07, 6.45) is 0.845. The molecule has 0 bridgehead atoms. The zero-order valence-corrected chi connectivity index (χ0v) is 14.0. The predicted octanol–water partition coefficient (Wildman–Crippen LogP) is 4.79. The summed E-state index contributed by atoms with van der Waals surface area (Å²) < 4.78 is 14.7. The Morgan fingerprint density at radius 3 is 2.52 bits per heavy atom. The smallest absolute Gasteiger partial charge is 0.161 e. The minimum Gasteiger partial charge on any atom is -0.389 e. The standard InChI is InChI=1S/C16H16BrFN2S/c1-2-12(10-6-4-3-5-7-10)20-13-9-8-11(16(19)21)14(17)15(13)18/h3-9,12,20H,2H2,1H3,(H2,19,21). The molecule has 2 nitrogen and oxygen atoms in total. The molecule has 2 aromatic carbocycles. The van der Waals surface area contributed by atoms with Crippen molar-refractivity contribution in [3.05, 3.63) is 63.9 Å². The van der Waals surface area contributed by atoms with Crippen LogP contribution in [0.25, 0.3) is 0 Å². The molecule has 0 amide bonds. The fourth-order valence-electron chi connectivity index (χ4n) is 2.15. The van der Waals surface area contributed by atoms with Gasteiger partial charge in [0.05, 0.1) is 16.2 Å². The van der Waals surface area contributed by atoms with Gasteiger partial charge in [-0.2, -0.15) is 0 Å². The van der Waals surface area contributed by atoms with Crippen LogP contribution in [0, 0.1) is 5.82 Å². The molecule has 0 aliphatic carbocycles. The molecule has 110 valence electrons. The maximum Gasteiger partial charge on any atom is 0.161 e. The van der Waals surface area contributed by atoms with E-state index >= 15 is 0 Å². The van der Waals surface area contributed by atoms with Gasteiger partial charge < -0.3 is 11.1 Å². The van der Waals surface area contributed by atoms with E-state index in [-0.39, 0.29) is 16.8 Å². The summed E-state index contributed by atoms with van der Waals surface area (Å²) in [4.78, 5) is 0.169. The molecule has 2 aromatic rings. The second-order valence-corrected chi connectivity index (χ2v) is 5.90. The first-order valence-electron chi connectivity index (χ1n) is 6.63. The van der Waals surface area contributed by atoms with Crippen LogP contribution in [0.4, 0.5) is 10.1 Å². The molecule has 0 aliphatic rings. The third-order valence-electron chi connectivity index (χ3n) is 3.29. The van der Waals surface area contributed by atoms with E-state index in [2.05, 4.69) is 28.2 Å². The highest BCUT2D eigenvalue weighted by atomic mass is 79.9. The number of hydrogen-bond donors (Lipinski definition) is 2. The average Bonchev–Trinajstić information content (AvgIpc) is 2.49. The second-order valence-electron chi connectivity index (χ2n) is 4.67. The molecule has 0 heterocycles. The highest BCUT2D eigenvalue weighted by Gasteiger charge is 2.16. The molecule has 1 unspecified atom stereocenters. The Morgan fingerprint density at radius 2 is 1.95 bits per heavy atom. The molecule has 5 heteroatoms. The summed E-state index contributed by atoms with van der Waals surface area (Å²) in [6.45, 7) is 2.06. The Morgan fingerprint density at radius 1 is 1.29 bits per heavy atom. The van der Waals surface area contributed by atoms with Crippen molar-refractivity contribution >= 4 is 38.8 Å². The van der Waals surface area contributed by atoms with E-state index in [1.54, 1.807) is 12.1 Å². The summed E-state index contributed by atoms with van der Waals surface area (Å²) in [5.74, 6) is -0.380. The first kappa shape index (κ1) is 15.9. The molecule has 0 aromatic heterocycles. The van der Waals surface area contributed by atoms with Gasteiger partial charge in [-0.05, 0) is 40.0 Å². The van der Waals surface area contributed by atoms with Crippen LogP contribution in [-0.4, -0.2) is 4.99 Å². The number of nitrogens with two attached hydrogens (primary N) is 1. The number of thiocarbonyl (C=S) groups is 1. The van der Waals surface area contributed by atoms with E-state index in [4.69, 9.17) is 18.0 Å². The van der Waals surface area contributed by atoms with Gasteiger partial charge in [0.25, 0.3) is 0 Å². The fourth-order valence-corrected chi connectivity index (χ4v) is 3.01. The van der Waals surface area contributed by atoms with Gasteiger partial charge >= 0.3 is 0 Å². The van der Waals surface area contributed by atoms with Crippen molar-refractivity contribution in [2.45, 2.75) is 19.4 Å². The monoisotopic (exact) mass is 366 g/mol. The summed E-state index contributed by atoms with van der Waals surface area (Å²) in [6, 6.07) is 13.4. The Kier molecular flexibility index (Phi) is 5.31. The van der Waals surface area contributed by atoms with Gasteiger partial charge in [0.2, 0.25) is 0 Å².